The molecule has 2 heterocycles. The molecule has 1 nitrogen and oxygen atoms in total. The second-order valence-corrected chi connectivity index (χ2v) is 5.98. The molecule has 1 spiro atoms. The summed E-state index contributed by atoms with van der Waals surface area (Å²) in [4.78, 5) is 0. The SMILES string of the molecule is ClCCC=CC1CCOC2(CCSC2)C1. The van der Waals surface area contributed by atoms with E-state index in [2.05, 4.69) is 12.2 Å². The van der Waals surface area contributed by atoms with E-state index in [4.69, 9.17) is 16.3 Å². The van der Waals surface area contributed by atoms with Crippen LogP contribution in [0, 0.1) is 5.92 Å². The summed E-state index contributed by atoms with van der Waals surface area (Å²) >= 11 is 7.70. The first kappa shape index (κ1) is 11.8. The number of thioether (sulfide) groups is 1. The van der Waals surface area contributed by atoms with Crippen LogP contribution in [0.2, 0.25) is 0 Å². The van der Waals surface area contributed by atoms with Gasteiger partial charge in [0.25, 0.3) is 0 Å². The van der Waals surface area contributed by atoms with Crippen LogP contribution in [-0.4, -0.2) is 29.6 Å². The van der Waals surface area contributed by atoms with Crippen molar-refractivity contribution in [3.8, 4) is 0 Å². The normalized spacial score (nSPS) is 36.7. The second-order valence-electron chi connectivity index (χ2n) is 4.49. The molecule has 0 aromatic carbocycles. The molecule has 3 heteroatoms. The zero-order valence-electron chi connectivity index (χ0n) is 9.08. The van der Waals surface area contributed by atoms with Crippen molar-refractivity contribution in [1.29, 1.82) is 0 Å². The Morgan fingerprint density at radius 1 is 1.53 bits per heavy atom. The minimum Gasteiger partial charge on any atom is -0.374 e. The van der Waals surface area contributed by atoms with Gasteiger partial charge in [-0.1, -0.05) is 12.2 Å². The van der Waals surface area contributed by atoms with Crippen molar-refractivity contribution in [2.24, 2.45) is 5.92 Å². The van der Waals surface area contributed by atoms with Crippen molar-refractivity contribution < 1.29 is 4.74 Å². The van der Waals surface area contributed by atoms with Gasteiger partial charge < -0.3 is 4.74 Å². The Morgan fingerprint density at radius 2 is 2.47 bits per heavy atom. The number of ether oxygens (including phenoxy) is 1. The van der Waals surface area contributed by atoms with Gasteiger partial charge in [0, 0.05) is 18.2 Å². The minimum absolute atomic E-state index is 0.221. The third kappa shape index (κ3) is 3.15. The Morgan fingerprint density at radius 3 is 3.20 bits per heavy atom. The third-order valence-corrected chi connectivity index (χ3v) is 4.72. The van der Waals surface area contributed by atoms with Crippen LogP contribution in [0.5, 0.6) is 0 Å². The molecular weight excluding hydrogens is 228 g/mol. The summed E-state index contributed by atoms with van der Waals surface area (Å²) in [6, 6.07) is 0. The van der Waals surface area contributed by atoms with Gasteiger partial charge in [0.05, 0.1) is 5.60 Å². The summed E-state index contributed by atoms with van der Waals surface area (Å²) in [5.74, 6) is 3.94. The van der Waals surface area contributed by atoms with Crippen LogP contribution in [0.4, 0.5) is 0 Å². The highest BCUT2D eigenvalue weighted by atomic mass is 35.5. The maximum Gasteiger partial charge on any atom is 0.0785 e. The molecule has 0 bridgehead atoms. The van der Waals surface area contributed by atoms with Crippen molar-refractivity contribution in [3.63, 3.8) is 0 Å². The standard InChI is InChI=1S/C12H19ClOS/c13-6-2-1-3-11-4-7-14-12(9-11)5-8-15-10-12/h1,3,11H,2,4-10H2. The molecule has 2 saturated heterocycles. The van der Waals surface area contributed by atoms with E-state index in [-0.39, 0.29) is 5.60 Å². The van der Waals surface area contributed by atoms with Crippen molar-refractivity contribution in [2.45, 2.75) is 31.3 Å². The molecule has 2 rings (SSSR count). The molecule has 86 valence electrons. The predicted molar refractivity (Wildman–Crippen MR) is 67.8 cm³/mol. The van der Waals surface area contributed by atoms with Gasteiger partial charge in [0.1, 0.15) is 0 Å². The van der Waals surface area contributed by atoms with Crippen LogP contribution in [0.25, 0.3) is 0 Å². The van der Waals surface area contributed by atoms with Gasteiger partial charge in [-0.15, -0.1) is 11.6 Å². The van der Waals surface area contributed by atoms with Crippen LogP contribution in [0.3, 0.4) is 0 Å². The van der Waals surface area contributed by atoms with Crippen molar-refractivity contribution in [2.75, 3.05) is 24.0 Å². The van der Waals surface area contributed by atoms with Gasteiger partial charge >= 0.3 is 0 Å². The zero-order valence-corrected chi connectivity index (χ0v) is 10.7. The van der Waals surface area contributed by atoms with Crippen LogP contribution in [0.15, 0.2) is 12.2 Å². The molecule has 2 unspecified atom stereocenters. The van der Waals surface area contributed by atoms with E-state index in [9.17, 15) is 0 Å². The van der Waals surface area contributed by atoms with Gasteiger partial charge in [-0.25, -0.2) is 0 Å². The summed E-state index contributed by atoms with van der Waals surface area (Å²) in [6.45, 7) is 0.941. The van der Waals surface area contributed by atoms with Crippen LogP contribution in [0.1, 0.15) is 25.7 Å². The molecule has 0 radical (unpaired) electrons. The monoisotopic (exact) mass is 246 g/mol. The Labute approximate surface area is 102 Å². The highest BCUT2D eigenvalue weighted by Gasteiger charge is 2.39. The lowest BCUT2D eigenvalue weighted by Crippen LogP contribution is -2.39. The number of halogens is 1. The van der Waals surface area contributed by atoms with E-state index in [1.807, 2.05) is 11.8 Å². The molecule has 0 aliphatic carbocycles. The molecular formula is C12H19ClOS. The lowest BCUT2D eigenvalue weighted by atomic mass is 9.85. The molecule has 0 amide bonds. The Bertz CT molecular complexity index is 224. The van der Waals surface area contributed by atoms with Gasteiger partial charge in [0.15, 0.2) is 0 Å². The fourth-order valence-corrected chi connectivity index (χ4v) is 3.95. The summed E-state index contributed by atoms with van der Waals surface area (Å²) in [6.07, 6.45) is 9.25. The lowest BCUT2D eigenvalue weighted by Gasteiger charge is -2.36. The summed E-state index contributed by atoms with van der Waals surface area (Å²) < 4.78 is 5.98. The quantitative estimate of drug-likeness (QED) is 0.557. The minimum atomic E-state index is 0.221. The highest BCUT2D eigenvalue weighted by molar-refractivity contribution is 7.99. The van der Waals surface area contributed by atoms with E-state index < -0.39 is 0 Å². The smallest absolute Gasteiger partial charge is 0.0785 e. The number of hydrogen-bond donors (Lipinski definition) is 0. The first-order valence-electron chi connectivity index (χ1n) is 5.79. The summed E-state index contributed by atoms with van der Waals surface area (Å²) in [5, 5.41) is 0. The molecule has 0 aromatic rings. The maximum absolute atomic E-state index is 5.98. The average molecular weight is 247 g/mol. The molecule has 0 saturated carbocycles. The van der Waals surface area contributed by atoms with E-state index in [0.29, 0.717) is 0 Å². The maximum atomic E-state index is 5.98. The van der Waals surface area contributed by atoms with Crippen molar-refractivity contribution in [3.05, 3.63) is 12.2 Å². The van der Waals surface area contributed by atoms with E-state index in [1.165, 1.54) is 30.8 Å². The molecule has 2 fully saturated rings. The van der Waals surface area contributed by atoms with E-state index in [0.717, 1.165) is 24.8 Å². The third-order valence-electron chi connectivity index (χ3n) is 3.28. The molecule has 15 heavy (non-hydrogen) atoms. The largest absolute Gasteiger partial charge is 0.374 e. The Kier molecular flexibility index (Phi) is 4.41. The van der Waals surface area contributed by atoms with Gasteiger partial charge in [-0.3, -0.25) is 0 Å². The number of rotatable bonds is 3. The summed E-state index contributed by atoms with van der Waals surface area (Å²) in [5.41, 5.74) is 0.221. The molecule has 0 N–H and O–H groups in total. The second kappa shape index (κ2) is 5.60. The zero-order chi connectivity index (χ0) is 10.6. The fourth-order valence-electron chi connectivity index (χ4n) is 2.44. The molecule has 0 aromatic heterocycles. The van der Waals surface area contributed by atoms with Gasteiger partial charge in [-0.05, 0) is 37.4 Å². The Hall–Kier alpha value is 0.340. The average Bonchev–Trinajstić information content (AvgIpc) is 2.67. The van der Waals surface area contributed by atoms with Crippen molar-refractivity contribution in [1.82, 2.24) is 0 Å². The van der Waals surface area contributed by atoms with E-state index in [1.54, 1.807) is 0 Å². The highest BCUT2D eigenvalue weighted by Crippen LogP contribution is 2.40. The first-order valence-corrected chi connectivity index (χ1v) is 7.48. The number of allylic oxidation sites excluding steroid dienone is 2. The van der Waals surface area contributed by atoms with Crippen molar-refractivity contribution >= 4 is 23.4 Å². The number of hydrogen-bond acceptors (Lipinski definition) is 2. The molecule has 2 atom stereocenters. The predicted octanol–water partition coefficient (Wildman–Crippen LogP) is 3.47. The van der Waals surface area contributed by atoms with Crippen LogP contribution in [-0.2, 0) is 4.74 Å². The lowest BCUT2D eigenvalue weighted by molar-refractivity contribution is -0.0718. The van der Waals surface area contributed by atoms with Gasteiger partial charge in [0.2, 0.25) is 0 Å². The Balaban J connectivity index is 1.86. The topological polar surface area (TPSA) is 9.23 Å². The van der Waals surface area contributed by atoms with E-state index >= 15 is 0 Å². The van der Waals surface area contributed by atoms with Gasteiger partial charge in [-0.2, -0.15) is 11.8 Å². The summed E-state index contributed by atoms with van der Waals surface area (Å²) in [7, 11) is 0. The first-order chi connectivity index (χ1) is 7.35. The fraction of sp³-hybridized carbons (Fsp3) is 0.833. The van der Waals surface area contributed by atoms with Crippen LogP contribution >= 0.6 is 23.4 Å². The molecule has 2 aliphatic heterocycles. The molecule has 2 aliphatic rings. The number of alkyl halides is 1. The van der Waals surface area contributed by atoms with Crippen LogP contribution < -0.4 is 0 Å².